The summed E-state index contributed by atoms with van der Waals surface area (Å²) in [5.41, 5.74) is 1.25. The van der Waals surface area contributed by atoms with Crippen LogP contribution in [0.1, 0.15) is 18.9 Å². The topological polar surface area (TPSA) is 43.8 Å². The Morgan fingerprint density at radius 3 is 2.63 bits per heavy atom. The molecule has 0 bridgehead atoms. The summed E-state index contributed by atoms with van der Waals surface area (Å²) in [6.45, 7) is 4.76. The number of aliphatic carboxylic acids is 1. The Balaban J connectivity index is 2.07. The van der Waals surface area contributed by atoms with E-state index in [4.69, 9.17) is 5.11 Å². The Morgan fingerprint density at radius 1 is 1.32 bits per heavy atom. The molecule has 104 valence electrons. The molecule has 0 aliphatic carbocycles. The quantitative estimate of drug-likeness (QED) is 0.896. The first-order chi connectivity index (χ1) is 9.06. The molecule has 1 heterocycles. The van der Waals surface area contributed by atoms with E-state index in [-0.39, 0.29) is 12.5 Å². The van der Waals surface area contributed by atoms with Crippen molar-refractivity contribution < 1.29 is 9.90 Å². The first-order valence-electron chi connectivity index (χ1n) is 6.76. The smallest absolute Gasteiger partial charge is 0.304 e. The Labute approximate surface area is 114 Å². The molecule has 0 aromatic heterocycles. The standard InChI is InChI=1S/C15H22N2O2/c1-12-9-17(10-13-6-4-3-5-7-13)14(8-15(18)19)11-16(12)2/h3-7,12,14H,8-11H2,1-2H3,(H,18,19)/t12-,14-/m0/s1. The molecular formula is C15H22N2O2. The molecular weight excluding hydrogens is 240 g/mol. The van der Waals surface area contributed by atoms with E-state index in [1.165, 1.54) is 5.56 Å². The molecule has 2 rings (SSSR count). The molecule has 19 heavy (non-hydrogen) atoms. The van der Waals surface area contributed by atoms with Crippen molar-refractivity contribution >= 4 is 5.97 Å². The van der Waals surface area contributed by atoms with Crippen LogP contribution in [0.3, 0.4) is 0 Å². The third-order valence-corrected chi connectivity index (χ3v) is 3.91. The van der Waals surface area contributed by atoms with Gasteiger partial charge in [-0.15, -0.1) is 0 Å². The van der Waals surface area contributed by atoms with E-state index in [0.29, 0.717) is 6.04 Å². The molecule has 0 unspecified atom stereocenters. The molecule has 4 heteroatoms. The summed E-state index contributed by atoms with van der Waals surface area (Å²) < 4.78 is 0. The fraction of sp³-hybridized carbons (Fsp3) is 0.533. The molecule has 1 fully saturated rings. The number of hydrogen-bond acceptors (Lipinski definition) is 3. The minimum absolute atomic E-state index is 0.0962. The van der Waals surface area contributed by atoms with Gasteiger partial charge in [0.1, 0.15) is 0 Å². The molecule has 1 saturated heterocycles. The highest BCUT2D eigenvalue weighted by Gasteiger charge is 2.30. The van der Waals surface area contributed by atoms with Crippen LogP contribution in [-0.4, -0.2) is 53.1 Å². The Bertz CT molecular complexity index is 421. The molecule has 0 spiro atoms. The molecule has 1 aromatic rings. The fourth-order valence-corrected chi connectivity index (χ4v) is 2.66. The first-order valence-corrected chi connectivity index (χ1v) is 6.76. The van der Waals surface area contributed by atoms with Crippen molar-refractivity contribution in [3.63, 3.8) is 0 Å². The summed E-state index contributed by atoms with van der Waals surface area (Å²) in [5, 5.41) is 9.06. The fourth-order valence-electron chi connectivity index (χ4n) is 2.66. The Kier molecular flexibility index (Phi) is 4.56. The molecule has 1 aliphatic rings. The first kappa shape index (κ1) is 14.0. The number of nitrogens with zero attached hydrogens (tertiary/aromatic N) is 2. The van der Waals surface area contributed by atoms with Gasteiger partial charge in [-0.2, -0.15) is 0 Å². The van der Waals surface area contributed by atoms with Gasteiger partial charge in [-0.25, -0.2) is 0 Å². The number of likely N-dealkylation sites (N-methyl/N-ethyl adjacent to an activating group) is 1. The van der Waals surface area contributed by atoms with Gasteiger partial charge in [0.15, 0.2) is 0 Å². The lowest BCUT2D eigenvalue weighted by atomic mass is 10.0. The van der Waals surface area contributed by atoms with Crippen LogP contribution < -0.4 is 0 Å². The van der Waals surface area contributed by atoms with Gasteiger partial charge >= 0.3 is 5.97 Å². The van der Waals surface area contributed by atoms with Gasteiger partial charge in [0.25, 0.3) is 0 Å². The SMILES string of the molecule is C[C@H]1CN(Cc2ccccc2)[C@@H](CC(=O)O)CN1C. The lowest BCUT2D eigenvalue weighted by Crippen LogP contribution is -2.56. The molecule has 1 aliphatic heterocycles. The van der Waals surface area contributed by atoms with E-state index in [9.17, 15) is 4.79 Å². The summed E-state index contributed by atoms with van der Waals surface area (Å²) >= 11 is 0. The summed E-state index contributed by atoms with van der Waals surface area (Å²) in [6.07, 6.45) is 0.212. The van der Waals surface area contributed by atoms with Gasteiger partial charge in [-0.3, -0.25) is 9.69 Å². The molecule has 0 saturated carbocycles. The van der Waals surface area contributed by atoms with E-state index in [1.54, 1.807) is 0 Å². The van der Waals surface area contributed by atoms with E-state index in [0.717, 1.165) is 19.6 Å². The lowest BCUT2D eigenvalue weighted by molar-refractivity contribution is -0.139. The van der Waals surface area contributed by atoms with Crippen LogP contribution in [0.15, 0.2) is 30.3 Å². The largest absolute Gasteiger partial charge is 0.481 e. The van der Waals surface area contributed by atoms with Crippen molar-refractivity contribution in [3.05, 3.63) is 35.9 Å². The summed E-state index contributed by atoms with van der Waals surface area (Å²) in [4.78, 5) is 15.6. The van der Waals surface area contributed by atoms with Crippen LogP contribution in [0, 0.1) is 0 Å². The maximum Gasteiger partial charge on any atom is 0.304 e. The number of carboxylic acids is 1. The van der Waals surface area contributed by atoms with Gasteiger partial charge < -0.3 is 10.0 Å². The second-order valence-corrected chi connectivity index (χ2v) is 5.46. The minimum atomic E-state index is -0.717. The van der Waals surface area contributed by atoms with Crippen LogP contribution in [-0.2, 0) is 11.3 Å². The van der Waals surface area contributed by atoms with Crippen LogP contribution >= 0.6 is 0 Å². The summed E-state index contributed by atoms with van der Waals surface area (Å²) in [7, 11) is 2.07. The molecule has 4 nitrogen and oxygen atoms in total. The van der Waals surface area contributed by atoms with Gasteiger partial charge in [0, 0.05) is 31.7 Å². The minimum Gasteiger partial charge on any atom is -0.481 e. The number of piperazine rings is 1. The van der Waals surface area contributed by atoms with E-state index in [2.05, 4.69) is 35.9 Å². The molecule has 0 radical (unpaired) electrons. The maximum atomic E-state index is 11.0. The average molecular weight is 262 g/mol. The highest BCUT2D eigenvalue weighted by molar-refractivity contribution is 5.67. The number of benzene rings is 1. The van der Waals surface area contributed by atoms with Crippen molar-refractivity contribution in [1.82, 2.24) is 9.80 Å². The Morgan fingerprint density at radius 2 is 2.00 bits per heavy atom. The zero-order chi connectivity index (χ0) is 13.8. The highest BCUT2D eigenvalue weighted by Crippen LogP contribution is 2.19. The van der Waals surface area contributed by atoms with E-state index < -0.39 is 5.97 Å². The number of hydrogen-bond donors (Lipinski definition) is 1. The maximum absolute atomic E-state index is 11.0. The zero-order valence-corrected chi connectivity index (χ0v) is 11.6. The van der Waals surface area contributed by atoms with Crippen molar-refractivity contribution in [2.24, 2.45) is 0 Å². The van der Waals surface area contributed by atoms with Crippen molar-refractivity contribution in [2.45, 2.75) is 32.0 Å². The molecule has 0 amide bonds. The third-order valence-electron chi connectivity index (χ3n) is 3.91. The van der Waals surface area contributed by atoms with Crippen molar-refractivity contribution in [3.8, 4) is 0 Å². The van der Waals surface area contributed by atoms with Crippen LogP contribution in [0.5, 0.6) is 0 Å². The summed E-state index contributed by atoms with van der Waals surface area (Å²) in [6, 6.07) is 10.8. The Hall–Kier alpha value is -1.39. The van der Waals surface area contributed by atoms with Gasteiger partial charge in [-0.1, -0.05) is 30.3 Å². The predicted molar refractivity (Wildman–Crippen MR) is 75.0 cm³/mol. The number of rotatable bonds is 4. The van der Waals surface area contributed by atoms with Crippen molar-refractivity contribution in [2.75, 3.05) is 20.1 Å². The van der Waals surface area contributed by atoms with Crippen LogP contribution in [0.2, 0.25) is 0 Å². The summed E-state index contributed by atoms with van der Waals surface area (Å²) in [5.74, 6) is -0.717. The second-order valence-electron chi connectivity index (χ2n) is 5.46. The van der Waals surface area contributed by atoms with E-state index >= 15 is 0 Å². The van der Waals surface area contributed by atoms with Gasteiger partial charge in [0.05, 0.1) is 6.42 Å². The number of carbonyl (C=O) groups is 1. The third kappa shape index (κ3) is 3.78. The average Bonchev–Trinajstić information content (AvgIpc) is 2.36. The normalized spacial score (nSPS) is 25.4. The molecule has 2 atom stereocenters. The molecule has 1 N–H and O–H groups in total. The zero-order valence-electron chi connectivity index (χ0n) is 11.6. The monoisotopic (exact) mass is 262 g/mol. The lowest BCUT2D eigenvalue weighted by Gasteiger charge is -2.43. The molecule has 1 aromatic carbocycles. The van der Waals surface area contributed by atoms with Crippen LogP contribution in [0.4, 0.5) is 0 Å². The van der Waals surface area contributed by atoms with Gasteiger partial charge in [0.2, 0.25) is 0 Å². The van der Waals surface area contributed by atoms with E-state index in [1.807, 2.05) is 18.2 Å². The van der Waals surface area contributed by atoms with Crippen LogP contribution in [0.25, 0.3) is 0 Å². The second kappa shape index (κ2) is 6.17. The van der Waals surface area contributed by atoms with Gasteiger partial charge in [-0.05, 0) is 19.5 Å². The predicted octanol–water partition coefficient (Wildman–Crippen LogP) is 1.67. The highest BCUT2D eigenvalue weighted by atomic mass is 16.4. The number of carboxylic acid groups (broad SMARTS) is 1. The van der Waals surface area contributed by atoms with Crippen molar-refractivity contribution in [1.29, 1.82) is 0 Å².